The molecule has 6 heteroatoms. The molecule has 0 saturated heterocycles. The van der Waals surface area contributed by atoms with Crippen LogP contribution in [0.25, 0.3) is 0 Å². The van der Waals surface area contributed by atoms with Crippen LogP contribution in [0, 0.1) is 3.57 Å². The van der Waals surface area contributed by atoms with Gasteiger partial charge in [-0.1, -0.05) is 0 Å². The van der Waals surface area contributed by atoms with Crippen molar-refractivity contribution in [2.45, 2.75) is 6.54 Å². The lowest BCUT2D eigenvalue weighted by molar-refractivity contribution is 0.0696. The number of carboxylic acids is 1. The van der Waals surface area contributed by atoms with Crippen LogP contribution < -0.4 is 5.32 Å². The summed E-state index contributed by atoms with van der Waals surface area (Å²) in [6.45, 7) is 0.532. The fraction of sp³-hybridized carbons (Fsp3) is 0.0909. The number of nitrogens with zero attached hydrogens (tertiary/aromatic N) is 1. The highest BCUT2D eigenvalue weighted by Crippen LogP contribution is 2.14. The standard InChI is InChI=1S/C11H9IN2O2S/c12-7-1-3-8(4-2-7)13-5-9-6-17-10(14-9)11(15)16/h1-4,6,13H,5H2,(H,15,16). The number of rotatable bonds is 4. The van der Waals surface area contributed by atoms with Crippen molar-refractivity contribution in [1.82, 2.24) is 4.98 Å². The molecule has 0 spiro atoms. The molecule has 0 unspecified atom stereocenters. The van der Waals surface area contributed by atoms with E-state index in [-0.39, 0.29) is 5.01 Å². The number of nitrogens with one attached hydrogen (secondary N) is 1. The number of anilines is 1. The fourth-order valence-corrected chi connectivity index (χ4v) is 2.26. The third kappa shape index (κ3) is 3.40. The van der Waals surface area contributed by atoms with Gasteiger partial charge in [0.25, 0.3) is 0 Å². The van der Waals surface area contributed by atoms with Crippen molar-refractivity contribution < 1.29 is 9.90 Å². The van der Waals surface area contributed by atoms with Crippen LogP contribution in [0.1, 0.15) is 15.5 Å². The van der Waals surface area contributed by atoms with Gasteiger partial charge in [-0.3, -0.25) is 0 Å². The van der Waals surface area contributed by atoms with Crippen molar-refractivity contribution in [3.05, 3.63) is 43.9 Å². The highest BCUT2D eigenvalue weighted by molar-refractivity contribution is 14.1. The molecule has 0 aliphatic rings. The van der Waals surface area contributed by atoms with Gasteiger partial charge < -0.3 is 10.4 Å². The molecular weight excluding hydrogens is 351 g/mol. The Balaban J connectivity index is 1.97. The van der Waals surface area contributed by atoms with Crippen LogP contribution in [0.15, 0.2) is 29.6 Å². The van der Waals surface area contributed by atoms with E-state index < -0.39 is 5.97 Å². The Hall–Kier alpha value is -1.15. The Kier molecular flexibility index (Phi) is 3.95. The van der Waals surface area contributed by atoms with E-state index in [0.29, 0.717) is 6.54 Å². The van der Waals surface area contributed by atoms with E-state index in [9.17, 15) is 4.79 Å². The molecule has 0 aliphatic heterocycles. The molecule has 0 radical (unpaired) electrons. The molecule has 2 N–H and O–H groups in total. The predicted molar refractivity (Wildman–Crippen MR) is 75.6 cm³/mol. The normalized spacial score (nSPS) is 10.2. The number of aromatic nitrogens is 1. The Morgan fingerprint density at radius 1 is 1.41 bits per heavy atom. The molecule has 88 valence electrons. The van der Waals surface area contributed by atoms with Gasteiger partial charge in [0, 0.05) is 14.6 Å². The molecule has 0 amide bonds. The summed E-state index contributed by atoms with van der Waals surface area (Å²) in [7, 11) is 0. The Labute approximate surface area is 116 Å². The average molecular weight is 360 g/mol. The molecular formula is C11H9IN2O2S. The number of thiazole rings is 1. The zero-order valence-electron chi connectivity index (χ0n) is 8.68. The number of hydrogen-bond donors (Lipinski definition) is 2. The van der Waals surface area contributed by atoms with Crippen molar-refractivity contribution in [2.75, 3.05) is 5.32 Å². The summed E-state index contributed by atoms with van der Waals surface area (Å²) in [5, 5.41) is 13.8. The van der Waals surface area contributed by atoms with Crippen LogP contribution >= 0.6 is 33.9 Å². The lowest BCUT2D eigenvalue weighted by Crippen LogP contribution is -2.01. The largest absolute Gasteiger partial charge is 0.476 e. The quantitative estimate of drug-likeness (QED) is 0.823. The molecule has 0 aliphatic carbocycles. The zero-order valence-corrected chi connectivity index (χ0v) is 11.7. The van der Waals surface area contributed by atoms with E-state index in [1.54, 1.807) is 5.38 Å². The Morgan fingerprint density at radius 2 is 2.12 bits per heavy atom. The van der Waals surface area contributed by atoms with Crippen molar-refractivity contribution >= 4 is 45.6 Å². The smallest absolute Gasteiger partial charge is 0.365 e. The average Bonchev–Trinajstić information content (AvgIpc) is 2.77. The number of halogens is 1. The maximum atomic E-state index is 10.7. The van der Waals surface area contributed by atoms with Gasteiger partial charge in [0.15, 0.2) is 0 Å². The molecule has 1 aromatic heterocycles. The summed E-state index contributed by atoms with van der Waals surface area (Å²) in [6, 6.07) is 7.97. The number of carboxylic acid groups (broad SMARTS) is 1. The van der Waals surface area contributed by atoms with Gasteiger partial charge in [0.2, 0.25) is 5.01 Å². The number of carbonyl (C=O) groups is 1. The lowest BCUT2D eigenvalue weighted by Gasteiger charge is -2.03. The molecule has 17 heavy (non-hydrogen) atoms. The van der Waals surface area contributed by atoms with Crippen molar-refractivity contribution in [3.63, 3.8) is 0 Å². The van der Waals surface area contributed by atoms with E-state index in [2.05, 4.69) is 32.9 Å². The summed E-state index contributed by atoms with van der Waals surface area (Å²) in [5.74, 6) is -0.976. The van der Waals surface area contributed by atoms with Gasteiger partial charge in [-0.2, -0.15) is 0 Å². The highest BCUT2D eigenvalue weighted by atomic mass is 127. The van der Waals surface area contributed by atoms with Crippen molar-refractivity contribution in [2.24, 2.45) is 0 Å². The summed E-state index contributed by atoms with van der Waals surface area (Å²) < 4.78 is 1.18. The monoisotopic (exact) mass is 360 g/mol. The van der Waals surface area contributed by atoms with Gasteiger partial charge in [0.05, 0.1) is 12.2 Å². The SMILES string of the molecule is O=C(O)c1nc(CNc2ccc(I)cc2)cs1. The first-order valence-electron chi connectivity index (χ1n) is 4.82. The van der Waals surface area contributed by atoms with Crippen LogP contribution in [-0.2, 0) is 6.54 Å². The van der Waals surface area contributed by atoms with Gasteiger partial charge >= 0.3 is 5.97 Å². The first-order valence-corrected chi connectivity index (χ1v) is 6.78. The van der Waals surface area contributed by atoms with Gasteiger partial charge in [-0.25, -0.2) is 9.78 Å². The Bertz CT molecular complexity index is 525. The second-order valence-corrected chi connectivity index (χ2v) is 5.41. The van der Waals surface area contributed by atoms with Gasteiger partial charge in [-0.05, 0) is 46.9 Å². The minimum absolute atomic E-state index is 0.129. The third-order valence-electron chi connectivity index (χ3n) is 2.05. The van der Waals surface area contributed by atoms with Gasteiger partial charge in [-0.15, -0.1) is 11.3 Å². The zero-order chi connectivity index (χ0) is 12.3. The van der Waals surface area contributed by atoms with Crippen LogP contribution in [0.4, 0.5) is 5.69 Å². The number of aromatic carboxylic acids is 1. The van der Waals surface area contributed by atoms with Crippen LogP contribution in [0.2, 0.25) is 0 Å². The third-order valence-corrected chi connectivity index (χ3v) is 3.65. The van der Waals surface area contributed by atoms with Crippen LogP contribution in [0.3, 0.4) is 0 Å². The molecule has 4 nitrogen and oxygen atoms in total. The van der Waals surface area contributed by atoms with E-state index in [4.69, 9.17) is 5.11 Å². The van der Waals surface area contributed by atoms with Crippen LogP contribution in [-0.4, -0.2) is 16.1 Å². The van der Waals surface area contributed by atoms with Crippen molar-refractivity contribution in [3.8, 4) is 0 Å². The molecule has 0 bridgehead atoms. The first kappa shape index (κ1) is 12.3. The van der Waals surface area contributed by atoms with Crippen LogP contribution in [0.5, 0.6) is 0 Å². The fourth-order valence-electron chi connectivity index (χ4n) is 1.25. The number of benzene rings is 1. The number of hydrogen-bond acceptors (Lipinski definition) is 4. The van der Waals surface area contributed by atoms with E-state index >= 15 is 0 Å². The molecule has 0 saturated carbocycles. The second kappa shape index (κ2) is 5.46. The minimum atomic E-state index is -0.976. The Morgan fingerprint density at radius 3 is 2.71 bits per heavy atom. The molecule has 1 aromatic carbocycles. The molecule has 2 rings (SSSR count). The summed E-state index contributed by atoms with van der Waals surface area (Å²) in [4.78, 5) is 14.7. The predicted octanol–water partition coefficient (Wildman–Crippen LogP) is 3.06. The summed E-state index contributed by atoms with van der Waals surface area (Å²) in [5.41, 5.74) is 1.74. The molecule has 2 aromatic rings. The van der Waals surface area contributed by atoms with E-state index in [0.717, 1.165) is 22.7 Å². The molecule has 1 heterocycles. The van der Waals surface area contributed by atoms with Gasteiger partial charge in [0.1, 0.15) is 0 Å². The summed E-state index contributed by atoms with van der Waals surface area (Å²) in [6.07, 6.45) is 0. The topological polar surface area (TPSA) is 62.2 Å². The van der Waals surface area contributed by atoms with E-state index in [1.807, 2.05) is 24.3 Å². The maximum absolute atomic E-state index is 10.7. The maximum Gasteiger partial charge on any atom is 0.365 e. The van der Waals surface area contributed by atoms with E-state index in [1.165, 1.54) is 3.57 Å². The van der Waals surface area contributed by atoms with Crippen molar-refractivity contribution in [1.29, 1.82) is 0 Å². The second-order valence-electron chi connectivity index (χ2n) is 3.31. The highest BCUT2D eigenvalue weighted by Gasteiger charge is 2.08. The molecule has 0 atom stereocenters. The first-order chi connectivity index (χ1) is 8.15. The lowest BCUT2D eigenvalue weighted by atomic mass is 10.3. The summed E-state index contributed by atoms with van der Waals surface area (Å²) >= 11 is 3.39. The molecule has 0 fully saturated rings. The minimum Gasteiger partial charge on any atom is -0.476 e.